The minimum absolute atomic E-state index is 0.409. The first-order chi connectivity index (χ1) is 9.19. The Labute approximate surface area is 111 Å². The largest absolute Gasteiger partial charge is 0.461 e. The molecule has 0 unspecified atom stereocenters. The van der Waals surface area contributed by atoms with Gasteiger partial charge in [-0.25, -0.2) is 0 Å². The van der Waals surface area contributed by atoms with E-state index >= 15 is 0 Å². The quantitative estimate of drug-likeness (QED) is 0.762. The van der Waals surface area contributed by atoms with Gasteiger partial charge in [0, 0.05) is 17.5 Å². The second-order valence-electron chi connectivity index (χ2n) is 4.59. The highest BCUT2D eigenvalue weighted by molar-refractivity contribution is 5.86. The van der Waals surface area contributed by atoms with E-state index in [0.29, 0.717) is 6.54 Å². The first-order valence-electron chi connectivity index (χ1n) is 6.20. The van der Waals surface area contributed by atoms with Crippen LogP contribution in [0.3, 0.4) is 0 Å². The molecule has 3 rings (SSSR count). The number of nitrogens with two attached hydrogens (primary N) is 1. The maximum atomic E-state index is 5.67. The Morgan fingerprint density at radius 1 is 1.16 bits per heavy atom. The van der Waals surface area contributed by atoms with Gasteiger partial charge in [-0.3, -0.25) is 9.97 Å². The van der Waals surface area contributed by atoms with Crippen LogP contribution in [-0.2, 0) is 6.54 Å². The summed E-state index contributed by atoms with van der Waals surface area (Å²) in [4.78, 5) is 8.66. The summed E-state index contributed by atoms with van der Waals surface area (Å²) in [7, 11) is 0. The van der Waals surface area contributed by atoms with Gasteiger partial charge >= 0.3 is 0 Å². The van der Waals surface area contributed by atoms with Crippen LogP contribution in [-0.4, -0.2) is 9.97 Å². The third kappa shape index (κ3) is 2.00. The Balaban J connectivity index is 2.11. The van der Waals surface area contributed by atoms with Gasteiger partial charge in [0.1, 0.15) is 11.3 Å². The lowest BCUT2D eigenvalue weighted by atomic mass is 10.1. The maximum Gasteiger partial charge on any atom is 0.134 e. The van der Waals surface area contributed by atoms with Crippen LogP contribution >= 0.6 is 0 Å². The molecule has 0 saturated heterocycles. The van der Waals surface area contributed by atoms with Gasteiger partial charge in [0.25, 0.3) is 0 Å². The average molecular weight is 253 g/mol. The van der Waals surface area contributed by atoms with Crippen LogP contribution in [0.4, 0.5) is 0 Å². The molecule has 0 spiro atoms. The van der Waals surface area contributed by atoms with Crippen LogP contribution < -0.4 is 5.73 Å². The van der Waals surface area contributed by atoms with Gasteiger partial charge in [-0.1, -0.05) is 0 Å². The molecule has 0 bridgehead atoms. The van der Waals surface area contributed by atoms with Crippen molar-refractivity contribution < 1.29 is 4.42 Å². The average Bonchev–Trinajstić information content (AvgIpc) is 2.74. The molecule has 0 aliphatic carbocycles. The predicted molar refractivity (Wildman–Crippen MR) is 74.6 cm³/mol. The van der Waals surface area contributed by atoms with E-state index in [4.69, 9.17) is 10.2 Å². The number of hydrogen-bond donors (Lipinski definition) is 1. The van der Waals surface area contributed by atoms with Crippen LogP contribution in [0.15, 0.2) is 35.0 Å². The Bertz CT molecular complexity index is 729. The molecule has 2 N–H and O–H groups in total. The second-order valence-corrected chi connectivity index (χ2v) is 4.59. The van der Waals surface area contributed by atoms with Gasteiger partial charge in [-0.2, -0.15) is 0 Å². The number of nitrogens with zero attached hydrogens (tertiary/aromatic N) is 2. The third-order valence-electron chi connectivity index (χ3n) is 3.38. The fraction of sp³-hybridized carbons (Fsp3) is 0.200. The first-order valence-corrected chi connectivity index (χ1v) is 6.20. The lowest BCUT2D eigenvalue weighted by Crippen LogP contribution is -2.00. The van der Waals surface area contributed by atoms with E-state index in [0.717, 1.165) is 33.7 Å². The summed E-state index contributed by atoms with van der Waals surface area (Å²) in [6, 6.07) is 6.06. The zero-order valence-electron chi connectivity index (χ0n) is 11.0. The minimum Gasteiger partial charge on any atom is -0.461 e. The lowest BCUT2D eigenvalue weighted by molar-refractivity contribution is 0.575. The van der Waals surface area contributed by atoms with Gasteiger partial charge in [0.05, 0.1) is 23.8 Å². The fourth-order valence-corrected chi connectivity index (χ4v) is 2.11. The molecule has 0 atom stereocenters. The summed E-state index contributed by atoms with van der Waals surface area (Å²) in [6.45, 7) is 4.45. The van der Waals surface area contributed by atoms with E-state index in [1.807, 2.05) is 19.1 Å². The molecule has 0 aliphatic heterocycles. The number of rotatable bonds is 2. The van der Waals surface area contributed by atoms with Crippen molar-refractivity contribution in [1.29, 1.82) is 0 Å². The van der Waals surface area contributed by atoms with Crippen molar-refractivity contribution >= 4 is 11.0 Å². The number of furan rings is 1. The Morgan fingerprint density at radius 3 is 2.68 bits per heavy atom. The minimum atomic E-state index is 0.409. The molecule has 0 aliphatic rings. The molecule has 96 valence electrons. The number of benzene rings is 1. The van der Waals surface area contributed by atoms with E-state index in [2.05, 4.69) is 23.0 Å². The van der Waals surface area contributed by atoms with Crippen LogP contribution in [0, 0.1) is 13.8 Å². The third-order valence-corrected chi connectivity index (χ3v) is 3.38. The highest BCUT2D eigenvalue weighted by Crippen LogP contribution is 2.28. The Morgan fingerprint density at radius 2 is 2.00 bits per heavy atom. The van der Waals surface area contributed by atoms with Crippen molar-refractivity contribution in [1.82, 2.24) is 9.97 Å². The molecule has 0 saturated carbocycles. The molecular weight excluding hydrogens is 238 g/mol. The van der Waals surface area contributed by atoms with Crippen LogP contribution in [0.5, 0.6) is 0 Å². The molecule has 4 heteroatoms. The first kappa shape index (κ1) is 11.9. The second kappa shape index (κ2) is 4.48. The monoisotopic (exact) mass is 253 g/mol. The highest BCUT2D eigenvalue weighted by Gasteiger charge is 2.09. The summed E-state index contributed by atoms with van der Waals surface area (Å²) in [5, 5.41) is 1.12. The van der Waals surface area contributed by atoms with E-state index in [9.17, 15) is 0 Å². The fourth-order valence-electron chi connectivity index (χ4n) is 2.11. The molecule has 2 aromatic heterocycles. The normalized spacial score (nSPS) is 11.1. The van der Waals surface area contributed by atoms with E-state index in [-0.39, 0.29) is 0 Å². The molecule has 0 amide bonds. The smallest absolute Gasteiger partial charge is 0.134 e. The number of fused-ring (bicyclic) bond motifs is 1. The van der Waals surface area contributed by atoms with Crippen molar-refractivity contribution in [2.45, 2.75) is 20.4 Å². The topological polar surface area (TPSA) is 64.9 Å². The summed E-state index contributed by atoms with van der Waals surface area (Å²) < 4.78 is 5.67. The van der Waals surface area contributed by atoms with Crippen molar-refractivity contribution in [3.05, 3.63) is 47.6 Å². The maximum absolute atomic E-state index is 5.67. The molecule has 0 radical (unpaired) electrons. The van der Waals surface area contributed by atoms with E-state index in [1.165, 1.54) is 5.56 Å². The van der Waals surface area contributed by atoms with E-state index < -0.39 is 0 Å². The lowest BCUT2D eigenvalue weighted by Gasteiger charge is -2.02. The zero-order chi connectivity index (χ0) is 13.4. The van der Waals surface area contributed by atoms with Crippen LogP contribution in [0.2, 0.25) is 0 Å². The summed E-state index contributed by atoms with van der Waals surface area (Å²) in [6.07, 6.45) is 3.47. The highest BCUT2D eigenvalue weighted by atomic mass is 16.3. The van der Waals surface area contributed by atoms with Crippen LogP contribution in [0.1, 0.15) is 17.0 Å². The van der Waals surface area contributed by atoms with Gasteiger partial charge in [-0.15, -0.1) is 0 Å². The molecule has 1 aromatic carbocycles. The molecule has 19 heavy (non-hydrogen) atoms. The molecular formula is C15H15N3O. The molecule has 2 heterocycles. The zero-order valence-corrected chi connectivity index (χ0v) is 11.0. The predicted octanol–water partition coefficient (Wildman–Crippen LogP) is 2.97. The molecule has 0 fully saturated rings. The summed E-state index contributed by atoms with van der Waals surface area (Å²) in [5.74, 6) is 0.955. The number of hydrogen-bond acceptors (Lipinski definition) is 4. The summed E-state index contributed by atoms with van der Waals surface area (Å²) >= 11 is 0. The molecule has 4 nitrogen and oxygen atoms in total. The van der Waals surface area contributed by atoms with Crippen molar-refractivity contribution in [3.8, 4) is 11.3 Å². The van der Waals surface area contributed by atoms with Crippen molar-refractivity contribution in [2.75, 3.05) is 0 Å². The molecule has 3 aromatic rings. The standard InChI is InChI=1S/C15H15N3O/c1-9-10(2)19-15-4-3-11(5-13(9)15)14-8-17-12(6-16)7-18-14/h3-5,7-8H,6,16H2,1-2H3. The number of aromatic nitrogens is 2. The van der Waals surface area contributed by atoms with Crippen molar-refractivity contribution in [3.63, 3.8) is 0 Å². The van der Waals surface area contributed by atoms with Gasteiger partial charge in [0.2, 0.25) is 0 Å². The summed E-state index contributed by atoms with van der Waals surface area (Å²) in [5.41, 5.74) is 10.3. The SMILES string of the molecule is Cc1oc2ccc(-c3cnc(CN)cn3)cc2c1C. The van der Waals surface area contributed by atoms with E-state index in [1.54, 1.807) is 12.4 Å². The number of aryl methyl sites for hydroxylation is 2. The Kier molecular flexibility index (Phi) is 2.80. The van der Waals surface area contributed by atoms with Crippen molar-refractivity contribution in [2.24, 2.45) is 5.73 Å². The van der Waals surface area contributed by atoms with Gasteiger partial charge < -0.3 is 10.2 Å². The van der Waals surface area contributed by atoms with Gasteiger partial charge in [-0.05, 0) is 37.6 Å². The van der Waals surface area contributed by atoms with Crippen LogP contribution in [0.25, 0.3) is 22.2 Å². The Hall–Kier alpha value is -2.20. The van der Waals surface area contributed by atoms with Gasteiger partial charge in [0.15, 0.2) is 0 Å².